The van der Waals surface area contributed by atoms with Crippen LogP contribution in [-0.2, 0) is 28.7 Å². The number of methoxy groups -OCH3 is 1. The molecule has 0 bridgehead atoms. The molecule has 0 spiro atoms. The van der Waals surface area contributed by atoms with E-state index in [1.807, 2.05) is 0 Å². The molecule has 19 heavy (non-hydrogen) atoms. The lowest BCUT2D eigenvalue weighted by Crippen LogP contribution is -2.41. The number of hydrogen-bond donors (Lipinski definition) is 1. The summed E-state index contributed by atoms with van der Waals surface area (Å²) in [6.45, 7) is 2.67. The van der Waals surface area contributed by atoms with Gasteiger partial charge in [-0.05, 0) is 13.8 Å². The maximum Gasteiger partial charge on any atom is 0.331 e. The van der Waals surface area contributed by atoms with Crippen LogP contribution < -0.4 is 5.32 Å². The van der Waals surface area contributed by atoms with Gasteiger partial charge in [-0.1, -0.05) is 0 Å². The van der Waals surface area contributed by atoms with Crippen LogP contribution in [0.3, 0.4) is 0 Å². The Morgan fingerprint density at radius 3 is 2.11 bits per heavy atom. The van der Waals surface area contributed by atoms with Gasteiger partial charge in [-0.15, -0.1) is 0 Å². The second-order valence-electron chi connectivity index (χ2n) is 4.26. The number of carbonyl (C=O) groups excluding carboxylic acids is 4. The third-order valence-electron chi connectivity index (χ3n) is 2.18. The normalized spacial score (nSPS) is 10.9. The third-order valence-corrected chi connectivity index (χ3v) is 2.18. The minimum Gasteiger partial charge on any atom is -0.466 e. The van der Waals surface area contributed by atoms with Crippen LogP contribution >= 0.6 is 0 Å². The Bertz CT molecular complexity index is 410. The van der Waals surface area contributed by atoms with E-state index in [9.17, 15) is 19.2 Å². The van der Waals surface area contributed by atoms with Crippen molar-refractivity contribution in [3.63, 3.8) is 0 Å². The monoisotopic (exact) mass is 271 g/mol. The van der Waals surface area contributed by atoms with Gasteiger partial charge < -0.3 is 14.8 Å². The van der Waals surface area contributed by atoms with Gasteiger partial charge in [0.05, 0.1) is 12.5 Å². The van der Waals surface area contributed by atoms with E-state index in [1.54, 1.807) is 0 Å². The molecule has 0 aromatic heterocycles. The molecule has 0 rings (SSSR count). The van der Waals surface area contributed by atoms with Crippen LogP contribution in [-0.4, -0.2) is 44.4 Å². The van der Waals surface area contributed by atoms with Crippen LogP contribution in [0.5, 0.6) is 0 Å². The van der Waals surface area contributed by atoms with Crippen LogP contribution in [0, 0.1) is 5.41 Å². The predicted molar refractivity (Wildman–Crippen MR) is 65.0 cm³/mol. The summed E-state index contributed by atoms with van der Waals surface area (Å²) in [7, 11) is 2.50. The molecule has 7 heteroatoms. The number of esters is 2. The molecule has 1 N–H and O–H groups in total. The molecule has 0 aromatic rings. The Kier molecular flexibility index (Phi) is 6.46. The fourth-order valence-electron chi connectivity index (χ4n) is 0.990. The number of carbonyl (C=O) groups is 4. The van der Waals surface area contributed by atoms with E-state index < -0.39 is 29.0 Å². The molecule has 0 radical (unpaired) electrons. The molecule has 0 aliphatic carbocycles. The molecule has 0 heterocycles. The number of ether oxygens (including phenoxy) is 2. The van der Waals surface area contributed by atoms with E-state index in [1.165, 1.54) is 28.0 Å². The van der Waals surface area contributed by atoms with Gasteiger partial charge in [0.25, 0.3) is 5.91 Å². The Balaban J connectivity index is 4.43. The Morgan fingerprint density at radius 1 is 1.11 bits per heavy atom. The van der Waals surface area contributed by atoms with Crippen molar-refractivity contribution in [2.24, 2.45) is 5.41 Å². The molecule has 7 nitrogen and oxygen atoms in total. The zero-order valence-electron chi connectivity index (χ0n) is 11.3. The van der Waals surface area contributed by atoms with E-state index in [2.05, 4.69) is 10.1 Å². The first kappa shape index (κ1) is 16.8. The largest absolute Gasteiger partial charge is 0.466 e. The van der Waals surface area contributed by atoms with Crippen LogP contribution in [0.1, 0.15) is 13.8 Å². The lowest BCUT2D eigenvalue weighted by Gasteiger charge is -2.20. The maximum atomic E-state index is 11.6. The third kappa shape index (κ3) is 5.80. The topological polar surface area (TPSA) is 98.8 Å². The molecule has 0 saturated heterocycles. The summed E-state index contributed by atoms with van der Waals surface area (Å²) >= 11 is 0. The van der Waals surface area contributed by atoms with Crippen molar-refractivity contribution in [3.05, 3.63) is 12.2 Å². The fourth-order valence-corrected chi connectivity index (χ4v) is 0.990. The van der Waals surface area contributed by atoms with Crippen LogP contribution in [0.15, 0.2) is 12.2 Å². The number of ketones is 1. The summed E-state index contributed by atoms with van der Waals surface area (Å²) < 4.78 is 9.07. The van der Waals surface area contributed by atoms with E-state index in [4.69, 9.17) is 4.74 Å². The molecule has 106 valence electrons. The number of Topliss-reactive ketones (excluding diaryl/α,β-unsaturated/α-hetero) is 1. The van der Waals surface area contributed by atoms with E-state index in [-0.39, 0.29) is 6.61 Å². The molecule has 0 aliphatic heterocycles. The lowest BCUT2D eigenvalue weighted by molar-refractivity contribution is -0.149. The lowest BCUT2D eigenvalue weighted by atomic mass is 9.88. The molecule has 1 amide bonds. The highest BCUT2D eigenvalue weighted by Gasteiger charge is 2.33. The number of likely N-dealkylation sites (N-methyl/N-ethyl adjacent to an activating group) is 1. The first-order valence-corrected chi connectivity index (χ1v) is 5.44. The highest BCUT2D eigenvalue weighted by Crippen LogP contribution is 2.17. The van der Waals surface area contributed by atoms with Gasteiger partial charge in [-0.3, -0.25) is 9.59 Å². The van der Waals surface area contributed by atoms with Crippen LogP contribution in [0.2, 0.25) is 0 Å². The summed E-state index contributed by atoms with van der Waals surface area (Å²) in [4.78, 5) is 44.8. The standard InChI is InChI=1S/C12H17NO6/c1-12(2,10(16)11(17)13-3)7-19-9(15)6-5-8(14)18-4/h5-6H,7H2,1-4H3,(H,13,17)/b6-5+. The first-order chi connectivity index (χ1) is 8.74. The number of hydrogen-bond acceptors (Lipinski definition) is 6. The SMILES string of the molecule is CNC(=O)C(=O)C(C)(C)COC(=O)/C=C/C(=O)OC. The van der Waals surface area contributed by atoms with E-state index in [0.29, 0.717) is 0 Å². The second-order valence-corrected chi connectivity index (χ2v) is 4.26. The van der Waals surface area contributed by atoms with E-state index in [0.717, 1.165) is 12.2 Å². The summed E-state index contributed by atoms with van der Waals surface area (Å²) in [6.07, 6.45) is 1.78. The van der Waals surface area contributed by atoms with Crippen LogP contribution in [0.4, 0.5) is 0 Å². The summed E-state index contributed by atoms with van der Waals surface area (Å²) in [5.74, 6) is -2.95. The molecular weight excluding hydrogens is 254 g/mol. The van der Waals surface area contributed by atoms with E-state index >= 15 is 0 Å². The Labute approximate surface area is 110 Å². The number of amides is 1. The van der Waals surface area contributed by atoms with Crippen molar-refractivity contribution in [3.8, 4) is 0 Å². The second kappa shape index (κ2) is 7.30. The van der Waals surface area contributed by atoms with Crippen molar-refractivity contribution >= 4 is 23.6 Å². The van der Waals surface area contributed by atoms with Gasteiger partial charge in [0.1, 0.15) is 6.61 Å². The molecule has 0 fully saturated rings. The number of rotatable bonds is 6. The predicted octanol–water partition coefficient (Wildman–Crippen LogP) is -0.400. The molecule has 0 aromatic carbocycles. The van der Waals surface area contributed by atoms with Crippen molar-refractivity contribution in [2.75, 3.05) is 20.8 Å². The van der Waals surface area contributed by atoms with Gasteiger partial charge in [0.15, 0.2) is 0 Å². The molecular formula is C12H17NO6. The van der Waals surface area contributed by atoms with Crippen molar-refractivity contribution in [1.82, 2.24) is 5.32 Å². The number of nitrogens with one attached hydrogen (secondary N) is 1. The first-order valence-electron chi connectivity index (χ1n) is 5.44. The van der Waals surface area contributed by atoms with Gasteiger partial charge in [-0.2, -0.15) is 0 Å². The van der Waals surface area contributed by atoms with Crippen LogP contribution in [0.25, 0.3) is 0 Å². The van der Waals surface area contributed by atoms with Gasteiger partial charge in [-0.25, -0.2) is 9.59 Å². The quantitative estimate of drug-likeness (QED) is 0.401. The molecule has 0 aliphatic rings. The molecule has 0 unspecified atom stereocenters. The average Bonchev–Trinajstić information content (AvgIpc) is 2.40. The summed E-state index contributed by atoms with van der Waals surface area (Å²) in [5, 5.41) is 2.20. The van der Waals surface area contributed by atoms with Crippen molar-refractivity contribution in [1.29, 1.82) is 0 Å². The molecule has 0 atom stereocenters. The Hall–Kier alpha value is -2.18. The highest BCUT2D eigenvalue weighted by atomic mass is 16.5. The van der Waals surface area contributed by atoms with Gasteiger partial charge >= 0.3 is 11.9 Å². The zero-order chi connectivity index (χ0) is 15.1. The maximum absolute atomic E-state index is 11.6. The summed E-state index contributed by atoms with van der Waals surface area (Å²) in [5.41, 5.74) is -1.14. The zero-order valence-corrected chi connectivity index (χ0v) is 11.3. The fraction of sp³-hybridized carbons (Fsp3) is 0.500. The van der Waals surface area contributed by atoms with Crippen molar-refractivity contribution < 1.29 is 28.7 Å². The average molecular weight is 271 g/mol. The van der Waals surface area contributed by atoms with Gasteiger partial charge in [0.2, 0.25) is 5.78 Å². The van der Waals surface area contributed by atoms with Gasteiger partial charge in [0, 0.05) is 19.2 Å². The minimum atomic E-state index is -1.14. The highest BCUT2D eigenvalue weighted by molar-refractivity contribution is 6.38. The minimum absolute atomic E-state index is 0.274. The Morgan fingerprint density at radius 2 is 1.63 bits per heavy atom. The van der Waals surface area contributed by atoms with Crippen molar-refractivity contribution in [2.45, 2.75) is 13.8 Å². The molecule has 0 saturated carbocycles. The summed E-state index contributed by atoms with van der Waals surface area (Å²) in [6, 6.07) is 0. The smallest absolute Gasteiger partial charge is 0.331 e.